The van der Waals surface area contributed by atoms with Crippen LogP contribution in [0.1, 0.15) is 5.69 Å². The van der Waals surface area contributed by atoms with Crippen LogP contribution in [0.5, 0.6) is 5.75 Å². The fourth-order valence-corrected chi connectivity index (χ4v) is 2.56. The first-order chi connectivity index (χ1) is 8.33. The quantitative estimate of drug-likeness (QED) is 0.698. The predicted molar refractivity (Wildman–Crippen MR) is 69.3 cm³/mol. The first-order valence-electron chi connectivity index (χ1n) is 4.97. The lowest BCUT2D eigenvalue weighted by molar-refractivity contribution is 0.298. The Hall–Kier alpha value is -1.40. The summed E-state index contributed by atoms with van der Waals surface area (Å²) in [4.78, 5) is 9.51. The molecule has 86 valence electrons. The minimum Gasteiger partial charge on any atom is -0.484 e. The van der Waals surface area contributed by atoms with Crippen molar-refractivity contribution < 1.29 is 4.74 Å². The third kappa shape index (κ3) is 2.18. The van der Waals surface area contributed by atoms with Gasteiger partial charge < -0.3 is 4.74 Å². The topological polar surface area (TPSA) is 39.4 Å². The molecule has 3 heterocycles. The van der Waals surface area contributed by atoms with E-state index in [1.165, 1.54) is 0 Å². The van der Waals surface area contributed by atoms with Gasteiger partial charge in [-0.25, -0.2) is 9.97 Å². The van der Waals surface area contributed by atoms with E-state index >= 15 is 0 Å². The third-order valence-electron chi connectivity index (χ3n) is 2.24. The maximum absolute atomic E-state index is 5.64. The van der Waals surface area contributed by atoms with Gasteiger partial charge in [-0.15, -0.1) is 11.3 Å². The molecular formula is C11H8BrN3OS. The average molecular weight is 310 g/mol. The van der Waals surface area contributed by atoms with E-state index in [1.54, 1.807) is 17.5 Å². The SMILES string of the molecule is Brc1ncccc1OCc1cn2ccsc2n1. The maximum Gasteiger partial charge on any atom is 0.193 e. The Bertz CT molecular complexity index is 620. The Labute approximate surface area is 110 Å². The number of fused-ring (bicyclic) bond motifs is 1. The fraction of sp³-hybridized carbons (Fsp3) is 0.0909. The number of thiazole rings is 1. The van der Waals surface area contributed by atoms with Crippen molar-refractivity contribution in [3.05, 3.63) is 46.4 Å². The molecule has 0 amide bonds. The van der Waals surface area contributed by atoms with Gasteiger partial charge in [-0.05, 0) is 28.1 Å². The van der Waals surface area contributed by atoms with Crippen LogP contribution in [0.4, 0.5) is 0 Å². The van der Waals surface area contributed by atoms with Gasteiger partial charge in [0.15, 0.2) is 10.7 Å². The lowest BCUT2D eigenvalue weighted by Gasteiger charge is -2.04. The van der Waals surface area contributed by atoms with Crippen molar-refractivity contribution in [2.45, 2.75) is 6.61 Å². The highest BCUT2D eigenvalue weighted by Crippen LogP contribution is 2.22. The Morgan fingerprint density at radius 2 is 2.41 bits per heavy atom. The van der Waals surface area contributed by atoms with E-state index in [9.17, 15) is 0 Å². The number of aromatic nitrogens is 3. The molecule has 0 aliphatic heterocycles. The predicted octanol–water partition coefficient (Wildman–Crippen LogP) is 3.13. The van der Waals surface area contributed by atoms with Crippen molar-refractivity contribution in [2.75, 3.05) is 0 Å². The summed E-state index contributed by atoms with van der Waals surface area (Å²) in [7, 11) is 0. The second kappa shape index (κ2) is 4.46. The summed E-state index contributed by atoms with van der Waals surface area (Å²) in [6.07, 6.45) is 5.66. The molecule has 17 heavy (non-hydrogen) atoms. The number of hydrogen-bond acceptors (Lipinski definition) is 4. The van der Waals surface area contributed by atoms with Crippen molar-refractivity contribution in [1.82, 2.24) is 14.4 Å². The summed E-state index contributed by atoms with van der Waals surface area (Å²) in [5.41, 5.74) is 0.910. The molecule has 0 saturated carbocycles. The van der Waals surface area contributed by atoms with E-state index in [-0.39, 0.29) is 0 Å². The molecule has 0 atom stereocenters. The summed E-state index contributed by atoms with van der Waals surface area (Å²) in [5, 5.41) is 2.00. The summed E-state index contributed by atoms with van der Waals surface area (Å²) >= 11 is 4.94. The lowest BCUT2D eigenvalue weighted by Crippen LogP contribution is -1.96. The monoisotopic (exact) mass is 309 g/mol. The third-order valence-corrected chi connectivity index (χ3v) is 3.61. The molecule has 0 unspecified atom stereocenters. The highest BCUT2D eigenvalue weighted by atomic mass is 79.9. The second-order valence-electron chi connectivity index (χ2n) is 3.41. The van der Waals surface area contributed by atoms with Crippen molar-refractivity contribution >= 4 is 32.2 Å². The molecule has 0 aromatic carbocycles. The van der Waals surface area contributed by atoms with E-state index in [2.05, 4.69) is 25.9 Å². The van der Waals surface area contributed by atoms with Crippen LogP contribution in [-0.2, 0) is 6.61 Å². The number of rotatable bonds is 3. The van der Waals surface area contributed by atoms with Crippen LogP contribution >= 0.6 is 27.3 Å². The van der Waals surface area contributed by atoms with Gasteiger partial charge in [0.1, 0.15) is 11.2 Å². The molecular weight excluding hydrogens is 302 g/mol. The number of ether oxygens (including phenoxy) is 1. The van der Waals surface area contributed by atoms with Crippen LogP contribution in [0.3, 0.4) is 0 Å². The van der Waals surface area contributed by atoms with Gasteiger partial charge in [-0.1, -0.05) is 0 Å². The van der Waals surface area contributed by atoms with E-state index in [0.29, 0.717) is 11.2 Å². The van der Waals surface area contributed by atoms with E-state index in [0.717, 1.165) is 16.4 Å². The number of nitrogens with zero attached hydrogens (tertiary/aromatic N) is 3. The van der Waals surface area contributed by atoms with E-state index in [1.807, 2.05) is 34.3 Å². The largest absolute Gasteiger partial charge is 0.484 e. The second-order valence-corrected chi connectivity index (χ2v) is 5.03. The first-order valence-corrected chi connectivity index (χ1v) is 6.64. The zero-order valence-electron chi connectivity index (χ0n) is 8.71. The van der Waals surface area contributed by atoms with Crippen molar-refractivity contribution in [3.63, 3.8) is 0 Å². The lowest BCUT2D eigenvalue weighted by atomic mass is 10.4. The molecule has 4 nitrogen and oxygen atoms in total. The molecule has 0 aliphatic carbocycles. The number of hydrogen-bond donors (Lipinski definition) is 0. The van der Waals surface area contributed by atoms with Crippen LogP contribution in [0, 0.1) is 0 Å². The normalized spacial score (nSPS) is 10.9. The number of halogens is 1. The molecule has 0 bridgehead atoms. The Morgan fingerprint density at radius 3 is 3.24 bits per heavy atom. The Kier molecular flexibility index (Phi) is 2.82. The zero-order valence-corrected chi connectivity index (χ0v) is 11.1. The molecule has 0 N–H and O–H groups in total. The van der Waals surface area contributed by atoms with Gasteiger partial charge in [0, 0.05) is 24.0 Å². The zero-order chi connectivity index (χ0) is 11.7. The van der Waals surface area contributed by atoms with Crippen LogP contribution in [-0.4, -0.2) is 14.4 Å². The highest BCUT2D eigenvalue weighted by Gasteiger charge is 2.05. The molecule has 0 spiro atoms. The molecule has 0 saturated heterocycles. The van der Waals surface area contributed by atoms with Gasteiger partial charge in [-0.2, -0.15) is 0 Å². The van der Waals surface area contributed by atoms with Crippen LogP contribution in [0.25, 0.3) is 4.96 Å². The van der Waals surface area contributed by atoms with Crippen molar-refractivity contribution in [1.29, 1.82) is 0 Å². The van der Waals surface area contributed by atoms with Crippen LogP contribution in [0.2, 0.25) is 0 Å². The summed E-state index contributed by atoms with van der Waals surface area (Å²) in [6.45, 7) is 0.443. The first kappa shape index (κ1) is 10.7. The summed E-state index contributed by atoms with van der Waals surface area (Å²) < 4.78 is 8.34. The van der Waals surface area contributed by atoms with Gasteiger partial charge >= 0.3 is 0 Å². The van der Waals surface area contributed by atoms with Crippen molar-refractivity contribution in [3.8, 4) is 5.75 Å². The fourth-order valence-electron chi connectivity index (χ4n) is 1.48. The number of imidazole rings is 1. The van der Waals surface area contributed by atoms with E-state index < -0.39 is 0 Å². The highest BCUT2D eigenvalue weighted by molar-refractivity contribution is 9.10. The van der Waals surface area contributed by atoms with E-state index in [4.69, 9.17) is 4.74 Å². The standard InChI is InChI=1S/C11H8BrN3OS/c12-10-9(2-1-3-13-10)16-7-8-6-15-4-5-17-11(15)14-8/h1-6H,7H2. The van der Waals surface area contributed by atoms with Gasteiger partial charge in [0.2, 0.25) is 0 Å². The number of pyridine rings is 1. The minimum atomic E-state index is 0.443. The maximum atomic E-state index is 5.64. The molecule has 3 aromatic heterocycles. The van der Waals surface area contributed by atoms with Gasteiger partial charge in [0.05, 0.1) is 5.69 Å². The summed E-state index contributed by atoms with van der Waals surface area (Å²) in [6, 6.07) is 3.71. The van der Waals surface area contributed by atoms with Gasteiger partial charge in [0.25, 0.3) is 0 Å². The van der Waals surface area contributed by atoms with Crippen molar-refractivity contribution in [2.24, 2.45) is 0 Å². The molecule has 0 radical (unpaired) electrons. The summed E-state index contributed by atoms with van der Waals surface area (Å²) in [5.74, 6) is 0.726. The Balaban J connectivity index is 1.76. The molecule has 3 rings (SSSR count). The smallest absolute Gasteiger partial charge is 0.193 e. The van der Waals surface area contributed by atoms with Gasteiger partial charge in [-0.3, -0.25) is 4.40 Å². The molecule has 3 aromatic rings. The molecule has 0 fully saturated rings. The molecule has 0 aliphatic rings. The minimum absolute atomic E-state index is 0.443. The average Bonchev–Trinajstić information content (AvgIpc) is 2.88. The van der Waals surface area contributed by atoms with Crippen LogP contribution < -0.4 is 4.74 Å². The molecule has 6 heteroatoms. The Morgan fingerprint density at radius 1 is 1.47 bits per heavy atom. The van der Waals surface area contributed by atoms with Crippen LogP contribution in [0.15, 0.2) is 40.7 Å².